The van der Waals surface area contributed by atoms with E-state index >= 15 is 0 Å². The minimum absolute atomic E-state index is 0.154. The van der Waals surface area contributed by atoms with Gasteiger partial charge in [0.05, 0.1) is 17.6 Å². The topological polar surface area (TPSA) is 154 Å². The number of carbonyl (C=O) groups is 2. The summed E-state index contributed by atoms with van der Waals surface area (Å²) in [7, 11) is 1.91. The van der Waals surface area contributed by atoms with Gasteiger partial charge in [0.25, 0.3) is 11.8 Å². The van der Waals surface area contributed by atoms with Crippen LogP contribution in [0.4, 0.5) is 11.5 Å². The number of hydrogen-bond donors (Lipinski definition) is 3. The van der Waals surface area contributed by atoms with E-state index < -0.39 is 0 Å². The molecule has 0 bridgehead atoms. The average molecular weight is 509 g/mol. The smallest absolute Gasteiger partial charge is 0.251 e. The molecule has 2 amide bonds. The van der Waals surface area contributed by atoms with E-state index in [1.165, 1.54) is 12.7 Å². The predicted octanol–water partition coefficient (Wildman–Crippen LogP) is 3.71. The van der Waals surface area contributed by atoms with Crippen LogP contribution in [0.3, 0.4) is 0 Å². The van der Waals surface area contributed by atoms with E-state index in [9.17, 15) is 9.59 Å². The van der Waals surface area contributed by atoms with Crippen LogP contribution in [0, 0.1) is 0 Å². The number of anilines is 2. The lowest BCUT2D eigenvalue weighted by molar-refractivity contribution is -0.112. The number of nitrogen functional groups attached to an aromatic ring is 1. The van der Waals surface area contributed by atoms with Crippen LogP contribution < -0.4 is 16.4 Å². The Morgan fingerprint density at radius 2 is 1.74 bits per heavy atom. The Morgan fingerprint density at radius 3 is 2.39 bits per heavy atom. The Kier molecular flexibility index (Phi) is 6.40. The standard InChI is InChI=1S/C27H24N8O3/c1-15(2)26(36)33-19-10-8-17(9-11-19)23-21(22-24(28)30-13-31-25(22)35(23)3)16-4-6-18(7-5-16)27(37)29-12-20-32-14-38-34-20/h4-11,13-14H,1,12H2,2-3H3,(H,29,37)(H,33,36)(H2,28,30,31). The molecule has 0 saturated carbocycles. The van der Waals surface area contributed by atoms with Crippen molar-refractivity contribution in [2.75, 3.05) is 11.1 Å². The quantitative estimate of drug-likeness (QED) is 0.281. The number of aromatic nitrogens is 5. The van der Waals surface area contributed by atoms with E-state index in [0.717, 1.165) is 22.4 Å². The van der Waals surface area contributed by atoms with Gasteiger partial charge >= 0.3 is 0 Å². The van der Waals surface area contributed by atoms with E-state index in [0.29, 0.717) is 39.5 Å². The first-order chi connectivity index (χ1) is 18.3. The first-order valence-electron chi connectivity index (χ1n) is 11.6. The Hall–Kier alpha value is -5.32. The number of nitrogens with one attached hydrogen (secondary N) is 2. The van der Waals surface area contributed by atoms with Crippen molar-refractivity contribution in [3.63, 3.8) is 0 Å². The summed E-state index contributed by atoms with van der Waals surface area (Å²) in [4.78, 5) is 37.2. The van der Waals surface area contributed by atoms with Crippen LogP contribution in [0.25, 0.3) is 33.4 Å². The second-order valence-corrected chi connectivity index (χ2v) is 8.66. The molecule has 0 fully saturated rings. The highest BCUT2D eigenvalue weighted by Gasteiger charge is 2.22. The Bertz CT molecular complexity index is 1650. The third-order valence-electron chi connectivity index (χ3n) is 6.05. The molecule has 2 aromatic carbocycles. The number of carbonyl (C=O) groups excluding carboxylic acids is 2. The summed E-state index contributed by atoms with van der Waals surface area (Å²) >= 11 is 0. The molecule has 0 aliphatic heterocycles. The molecule has 0 saturated heterocycles. The zero-order chi connectivity index (χ0) is 26.8. The lowest BCUT2D eigenvalue weighted by Gasteiger charge is -2.11. The predicted molar refractivity (Wildman–Crippen MR) is 143 cm³/mol. The maximum atomic E-state index is 12.6. The summed E-state index contributed by atoms with van der Waals surface area (Å²) in [6, 6.07) is 14.7. The number of nitrogens with zero attached hydrogens (tertiary/aromatic N) is 5. The lowest BCUT2D eigenvalue weighted by Crippen LogP contribution is -2.23. The van der Waals surface area contributed by atoms with Crippen molar-refractivity contribution in [2.24, 2.45) is 7.05 Å². The van der Waals surface area contributed by atoms with Gasteiger partial charge in [-0.05, 0) is 42.3 Å². The van der Waals surface area contributed by atoms with E-state index in [-0.39, 0.29) is 18.4 Å². The Balaban J connectivity index is 1.52. The number of aryl methyl sites for hydroxylation is 1. The number of hydrogen-bond acceptors (Lipinski definition) is 8. The maximum absolute atomic E-state index is 12.6. The van der Waals surface area contributed by atoms with Crippen LogP contribution in [0.1, 0.15) is 23.1 Å². The van der Waals surface area contributed by atoms with Gasteiger partial charge in [-0.25, -0.2) is 9.97 Å². The Morgan fingerprint density at radius 1 is 1.03 bits per heavy atom. The van der Waals surface area contributed by atoms with Gasteiger partial charge in [-0.15, -0.1) is 0 Å². The summed E-state index contributed by atoms with van der Waals surface area (Å²) in [5.41, 5.74) is 11.9. The van der Waals surface area contributed by atoms with Crippen LogP contribution in [0.15, 0.2) is 77.9 Å². The third kappa shape index (κ3) is 4.60. The summed E-state index contributed by atoms with van der Waals surface area (Å²) in [6.07, 6.45) is 2.64. The van der Waals surface area contributed by atoms with Gasteiger partial charge < -0.3 is 25.5 Å². The van der Waals surface area contributed by atoms with Gasteiger partial charge in [0.2, 0.25) is 6.39 Å². The van der Waals surface area contributed by atoms with Crippen LogP contribution >= 0.6 is 0 Å². The van der Waals surface area contributed by atoms with Crippen molar-refractivity contribution < 1.29 is 14.1 Å². The van der Waals surface area contributed by atoms with Gasteiger partial charge in [-0.3, -0.25) is 9.59 Å². The molecule has 38 heavy (non-hydrogen) atoms. The van der Waals surface area contributed by atoms with E-state index in [2.05, 4.69) is 41.8 Å². The molecule has 0 aliphatic rings. The van der Waals surface area contributed by atoms with E-state index in [4.69, 9.17) is 5.73 Å². The van der Waals surface area contributed by atoms with Crippen LogP contribution in [-0.4, -0.2) is 36.5 Å². The van der Waals surface area contributed by atoms with Crippen LogP contribution in [-0.2, 0) is 18.4 Å². The molecule has 11 heteroatoms. The average Bonchev–Trinajstić information content (AvgIpc) is 3.55. The Labute approximate surface area is 217 Å². The molecule has 0 unspecified atom stereocenters. The first-order valence-corrected chi connectivity index (χ1v) is 11.6. The molecular weight excluding hydrogens is 484 g/mol. The molecule has 3 heterocycles. The fourth-order valence-electron chi connectivity index (χ4n) is 4.16. The van der Waals surface area contributed by atoms with Crippen molar-refractivity contribution in [3.8, 4) is 22.4 Å². The van der Waals surface area contributed by atoms with Gasteiger partial charge in [0, 0.05) is 29.4 Å². The molecule has 0 aliphatic carbocycles. The largest absolute Gasteiger partial charge is 0.383 e. The second kappa shape index (κ2) is 9.97. The first kappa shape index (κ1) is 24.4. The number of fused-ring (bicyclic) bond motifs is 1. The number of rotatable bonds is 7. The lowest BCUT2D eigenvalue weighted by atomic mass is 9.97. The fourth-order valence-corrected chi connectivity index (χ4v) is 4.16. The highest BCUT2D eigenvalue weighted by atomic mass is 16.5. The van der Waals surface area contributed by atoms with Gasteiger partial charge in [-0.2, -0.15) is 4.98 Å². The van der Waals surface area contributed by atoms with Gasteiger partial charge in [0.15, 0.2) is 5.82 Å². The second-order valence-electron chi connectivity index (χ2n) is 8.66. The zero-order valence-corrected chi connectivity index (χ0v) is 20.7. The summed E-state index contributed by atoms with van der Waals surface area (Å²) < 4.78 is 6.64. The van der Waals surface area contributed by atoms with Crippen LogP contribution in [0.2, 0.25) is 0 Å². The molecule has 5 aromatic rings. The zero-order valence-electron chi connectivity index (χ0n) is 20.7. The maximum Gasteiger partial charge on any atom is 0.251 e. The number of benzene rings is 2. The molecule has 4 N–H and O–H groups in total. The minimum atomic E-state index is -0.269. The van der Waals surface area contributed by atoms with Crippen molar-refractivity contribution in [1.29, 1.82) is 0 Å². The molecule has 190 valence electrons. The van der Waals surface area contributed by atoms with Crippen molar-refractivity contribution in [3.05, 3.63) is 84.8 Å². The van der Waals surface area contributed by atoms with E-state index in [1.54, 1.807) is 19.1 Å². The molecule has 3 aromatic heterocycles. The summed E-state index contributed by atoms with van der Waals surface area (Å²) in [5.74, 6) is 0.220. The molecule has 5 rings (SSSR count). The van der Waals surface area contributed by atoms with Gasteiger partial charge in [0.1, 0.15) is 17.8 Å². The summed E-state index contributed by atoms with van der Waals surface area (Å²) in [6.45, 7) is 5.48. The summed E-state index contributed by atoms with van der Waals surface area (Å²) in [5, 5.41) is 9.97. The molecule has 0 radical (unpaired) electrons. The minimum Gasteiger partial charge on any atom is -0.383 e. The van der Waals surface area contributed by atoms with Gasteiger partial charge in [-0.1, -0.05) is 36.0 Å². The van der Waals surface area contributed by atoms with Crippen molar-refractivity contribution >= 4 is 34.4 Å². The van der Waals surface area contributed by atoms with Crippen molar-refractivity contribution in [1.82, 2.24) is 30.0 Å². The number of nitrogens with two attached hydrogens (primary N) is 1. The third-order valence-corrected chi connectivity index (χ3v) is 6.05. The van der Waals surface area contributed by atoms with Crippen molar-refractivity contribution in [2.45, 2.75) is 13.5 Å². The molecular formula is C27H24N8O3. The normalized spacial score (nSPS) is 10.9. The monoisotopic (exact) mass is 508 g/mol. The molecule has 0 atom stereocenters. The highest BCUT2D eigenvalue weighted by molar-refractivity contribution is 6.08. The van der Waals surface area contributed by atoms with Crippen LogP contribution in [0.5, 0.6) is 0 Å². The van der Waals surface area contributed by atoms with E-state index in [1.807, 2.05) is 48.0 Å². The molecule has 11 nitrogen and oxygen atoms in total. The number of amides is 2. The fraction of sp³-hybridized carbons (Fsp3) is 0.111. The molecule has 0 spiro atoms. The SMILES string of the molecule is C=C(C)C(=O)Nc1ccc(-c2c(-c3ccc(C(=O)NCc4ncon4)cc3)c3c(N)ncnc3n2C)cc1. The highest BCUT2D eigenvalue weighted by Crippen LogP contribution is 2.41.